The van der Waals surface area contributed by atoms with Crippen molar-refractivity contribution in [3.8, 4) is 17.5 Å². The van der Waals surface area contributed by atoms with Gasteiger partial charge >= 0.3 is 5.97 Å². The number of esters is 1. The van der Waals surface area contributed by atoms with E-state index in [1.165, 1.54) is 0 Å². The minimum atomic E-state index is -0.383. The number of hydrogen-bond acceptors (Lipinski definition) is 6. The zero-order chi connectivity index (χ0) is 21.8. The third kappa shape index (κ3) is 4.73. The summed E-state index contributed by atoms with van der Waals surface area (Å²) in [6, 6.07) is 17.2. The Labute approximate surface area is 193 Å². The predicted octanol–water partition coefficient (Wildman–Crippen LogP) is 3.58. The first-order valence-electron chi connectivity index (χ1n) is 10.5. The van der Waals surface area contributed by atoms with Crippen molar-refractivity contribution in [3.05, 3.63) is 59.8 Å². The van der Waals surface area contributed by atoms with Gasteiger partial charge in [0.15, 0.2) is 0 Å². The Kier molecular flexibility index (Phi) is 7.75. The molecule has 0 unspecified atom stereocenters. The minimum Gasteiger partial charge on any atom is -0.508 e. The van der Waals surface area contributed by atoms with Gasteiger partial charge < -0.3 is 14.4 Å². The highest BCUT2D eigenvalue weighted by atomic mass is 35.5. The average molecular weight is 455 g/mol. The topological polar surface area (TPSA) is 81.7 Å². The second-order valence-corrected chi connectivity index (χ2v) is 7.62. The van der Waals surface area contributed by atoms with Crippen LogP contribution in [-0.2, 0) is 11.3 Å². The second kappa shape index (κ2) is 10.5. The van der Waals surface area contributed by atoms with Crippen molar-refractivity contribution in [1.29, 1.82) is 5.26 Å². The van der Waals surface area contributed by atoms with E-state index in [1.54, 1.807) is 19.1 Å². The quantitative estimate of drug-likeness (QED) is 0.453. The molecule has 1 saturated heterocycles. The molecule has 0 aliphatic carbocycles. The molecule has 7 nitrogen and oxygen atoms in total. The molecule has 1 aliphatic rings. The number of phenols is 1. The number of benzene rings is 2. The highest BCUT2D eigenvalue weighted by Gasteiger charge is 2.27. The van der Waals surface area contributed by atoms with Gasteiger partial charge in [-0.2, -0.15) is 5.26 Å². The molecule has 168 valence electrons. The van der Waals surface area contributed by atoms with Crippen molar-refractivity contribution < 1.29 is 14.6 Å². The zero-order valence-corrected chi connectivity index (χ0v) is 18.8. The number of rotatable bonds is 6. The van der Waals surface area contributed by atoms with Gasteiger partial charge in [-0.1, -0.05) is 18.2 Å². The molecule has 2 aromatic carbocycles. The first kappa shape index (κ1) is 23.6. The Morgan fingerprint density at radius 3 is 2.44 bits per heavy atom. The minimum absolute atomic E-state index is 0. The summed E-state index contributed by atoms with van der Waals surface area (Å²) in [5.74, 6) is -0.272. The lowest BCUT2D eigenvalue weighted by Crippen LogP contribution is -2.46. The molecule has 0 spiro atoms. The number of nitriles is 1. The third-order valence-corrected chi connectivity index (χ3v) is 5.68. The summed E-state index contributed by atoms with van der Waals surface area (Å²) in [6.45, 7) is 6.33. The summed E-state index contributed by atoms with van der Waals surface area (Å²) in [6.07, 6.45) is 0. The molecule has 0 bridgehead atoms. The molecule has 1 N–H and O–H groups in total. The Hall–Kier alpha value is -3.05. The molecule has 2 heterocycles. The molecule has 4 rings (SSSR count). The van der Waals surface area contributed by atoms with Crippen molar-refractivity contribution in [1.82, 2.24) is 14.4 Å². The van der Waals surface area contributed by atoms with E-state index >= 15 is 0 Å². The second-order valence-electron chi connectivity index (χ2n) is 7.62. The van der Waals surface area contributed by atoms with E-state index in [9.17, 15) is 9.90 Å². The molecule has 32 heavy (non-hydrogen) atoms. The van der Waals surface area contributed by atoms with Crippen LogP contribution in [0.1, 0.15) is 23.0 Å². The van der Waals surface area contributed by atoms with Crippen molar-refractivity contribution in [2.45, 2.75) is 13.5 Å². The van der Waals surface area contributed by atoms with Crippen LogP contribution in [0.4, 0.5) is 0 Å². The van der Waals surface area contributed by atoms with E-state index in [-0.39, 0.29) is 30.7 Å². The lowest BCUT2D eigenvalue weighted by molar-refractivity contribution is 0.0525. The highest BCUT2D eigenvalue weighted by molar-refractivity contribution is 6.07. The van der Waals surface area contributed by atoms with Gasteiger partial charge in [0.1, 0.15) is 5.75 Å². The number of halogens is 1. The number of aromatic nitrogens is 1. The first-order chi connectivity index (χ1) is 15.1. The fraction of sp³-hybridized carbons (Fsp3) is 0.333. The number of aromatic hydroxyl groups is 1. The first-order valence-corrected chi connectivity index (χ1v) is 10.5. The lowest BCUT2D eigenvalue weighted by atomic mass is 10.1. The van der Waals surface area contributed by atoms with Gasteiger partial charge in [0.05, 0.1) is 36.0 Å². The molecule has 0 radical (unpaired) electrons. The third-order valence-electron chi connectivity index (χ3n) is 5.68. The SMILES string of the molecule is CCOC(=O)c1c(CN2CCN(CC#N)CC2)n(-c2ccccc2)c2ccc(O)cc12.Cl. The molecule has 0 saturated carbocycles. The van der Waals surface area contributed by atoms with Crippen LogP contribution in [0.5, 0.6) is 5.75 Å². The number of hydrogen-bond donors (Lipinski definition) is 1. The van der Waals surface area contributed by atoms with Gasteiger partial charge in [0, 0.05) is 43.8 Å². The zero-order valence-electron chi connectivity index (χ0n) is 18.0. The predicted molar refractivity (Wildman–Crippen MR) is 125 cm³/mol. The Bertz CT molecular complexity index is 1120. The maximum Gasteiger partial charge on any atom is 0.340 e. The molecule has 8 heteroatoms. The number of carbonyl (C=O) groups is 1. The summed E-state index contributed by atoms with van der Waals surface area (Å²) in [4.78, 5) is 17.5. The summed E-state index contributed by atoms with van der Waals surface area (Å²) in [5, 5.41) is 19.8. The fourth-order valence-corrected chi connectivity index (χ4v) is 4.20. The lowest BCUT2D eigenvalue weighted by Gasteiger charge is -2.33. The number of piperazine rings is 1. The van der Waals surface area contributed by atoms with Gasteiger partial charge in [-0.05, 0) is 37.3 Å². The molecule has 0 atom stereocenters. The molecular weight excluding hydrogens is 428 g/mol. The normalized spacial score (nSPS) is 14.6. The molecule has 0 amide bonds. The molecular formula is C24H27ClN4O3. The van der Waals surface area contributed by atoms with Crippen molar-refractivity contribution in [3.63, 3.8) is 0 Å². The Balaban J connectivity index is 0.00000289. The van der Waals surface area contributed by atoms with Crippen LogP contribution in [0.25, 0.3) is 16.6 Å². The van der Waals surface area contributed by atoms with Crippen molar-refractivity contribution in [2.24, 2.45) is 0 Å². The molecule has 1 fully saturated rings. The number of nitrogens with zero attached hydrogens (tertiary/aromatic N) is 4. The number of carbonyl (C=O) groups excluding carboxylic acids is 1. The monoisotopic (exact) mass is 454 g/mol. The van der Waals surface area contributed by atoms with Gasteiger partial charge in [0.2, 0.25) is 0 Å². The Morgan fingerprint density at radius 1 is 1.09 bits per heavy atom. The van der Waals surface area contributed by atoms with Gasteiger partial charge in [-0.3, -0.25) is 9.80 Å². The molecule has 3 aromatic rings. The van der Waals surface area contributed by atoms with Crippen LogP contribution in [0, 0.1) is 11.3 Å². The van der Waals surface area contributed by atoms with E-state index in [4.69, 9.17) is 10.00 Å². The van der Waals surface area contributed by atoms with Crippen LogP contribution < -0.4 is 0 Å². The molecule has 1 aromatic heterocycles. The maximum atomic E-state index is 13.0. The van der Waals surface area contributed by atoms with Gasteiger partial charge in [0.25, 0.3) is 0 Å². The fourth-order valence-electron chi connectivity index (χ4n) is 4.20. The number of fused-ring (bicyclic) bond motifs is 1. The summed E-state index contributed by atoms with van der Waals surface area (Å²) >= 11 is 0. The number of para-hydroxylation sites is 1. The smallest absolute Gasteiger partial charge is 0.340 e. The van der Waals surface area contributed by atoms with Crippen molar-refractivity contribution in [2.75, 3.05) is 39.3 Å². The maximum absolute atomic E-state index is 13.0. The standard InChI is InChI=1S/C24H26N4O3.ClH/c1-2-31-24(30)23-20-16-19(29)8-9-21(20)28(18-6-4-3-5-7-18)22(23)17-27-14-12-26(11-10-25)13-15-27;/h3-9,16,29H,2,11-15,17H2,1H3;1H. The van der Waals surface area contributed by atoms with E-state index in [0.29, 0.717) is 24.0 Å². The van der Waals surface area contributed by atoms with Crippen LogP contribution >= 0.6 is 12.4 Å². The van der Waals surface area contributed by atoms with E-state index in [0.717, 1.165) is 43.1 Å². The van der Waals surface area contributed by atoms with Crippen LogP contribution in [0.15, 0.2) is 48.5 Å². The van der Waals surface area contributed by atoms with Gasteiger partial charge in [-0.25, -0.2) is 4.79 Å². The van der Waals surface area contributed by atoms with E-state index in [2.05, 4.69) is 20.4 Å². The van der Waals surface area contributed by atoms with Crippen molar-refractivity contribution >= 4 is 29.3 Å². The molecule has 1 aliphatic heterocycles. The van der Waals surface area contributed by atoms with Gasteiger partial charge in [-0.15, -0.1) is 12.4 Å². The number of ether oxygens (including phenoxy) is 1. The largest absolute Gasteiger partial charge is 0.508 e. The van der Waals surface area contributed by atoms with E-state index in [1.807, 2.05) is 36.4 Å². The van der Waals surface area contributed by atoms with Crippen LogP contribution in [-0.4, -0.2) is 64.8 Å². The summed E-state index contributed by atoms with van der Waals surface area (Å²) < 4.78 is 7.49. The average Bonchev–Trinajstić information content (AvgIpc) is 3.09. The Morgan fingerprint density at radius 2 is 1.78 bits per heavy atom. The number of phenolic OH excluding ortho intramolecular Hbond substituents is 1. The summed E-state index contributed by atoms with van der Waals surface area (Å²) in [5.41, 5.74) is 3.15. The summed E-state index contributed by atoms with van der Waals surface area (Å²) in [7, 11) is 0. The van der Waals surface area contributed by atoms with E-state index < -0.39 is 0 Å². The highest BCUT2D eigenvalue weighted by Crippen LogP contribution is 2.33. The van der Waals surface area contributed by atoms with Crippen LogP contribution in [0.3, 0.4) is 0 Å². The van der Waals surface area contributed by atoms with Crippen LogP contribution in [0.2, 0.25) is 0 Å².